The first-order valence-electron chi connectivity index (χ1n) is 7.52. The summed E-state index contributed by atoms with van der Waals surface area (Å²) in [5.41, 5.74) is 0.276. The van der Waals surface area contributed by atoms with Gasteiger partial charge in [-0.15, -0.1) is 11.3 Å². The van der Waals surface area contributed by atoms with Crippen molar-refractivity contribution in [2.45, 2.75) is 17.4 Å². The van der Waals surface area contributed by atoms with E-state index in [0.29, 0.717) is 11.3 Å². The van der Waals surface area contributed by atoms with Crippen LogP contribution in [0.2, 0.25) is 0 Å². The number of sulfone groups is 1. The number of nitrogens with one attached hydrogen (secondary N) is 1. The van der Waals surface area contributed by atoms with Crippen LogP contribution in [-0.2, 0) is 9.84 Å². The molecule has 0 aromatic carbocycles. The van der Waals surface area contributed by atoms with Gasteiger partial charge < -0.3 is 10.2 Å². The zero-order valence-electron chi connectivity index (χ0n) is 12.7. The first-order valence-corrected chi connectivity index (χ1v) is 10.3. The van der Waals surface area contributed by atoms with Gasteiger partial charge >= 0.3 is 0 Å². The molecular weight excluding hydrogens is 334 g/mol. The maximum Gasteiger partial charge on any atom is 0.270 e. The third-order valence-electron chi connectivity index (χ3n) is 4.71. The Morgan fingerprint density at radius 1 is 1.43 bits per heavy atom. The van der Waals surface area contributed by atoms with Gasteiger partial charge in [0.15, 0.2) is 9.84 Å². The summed E-state index contributed by atoms with van der Waals surface area (Å²) in [5.74, 6) is 0.298. The molecule has 0 spiro atoms. The van der Waals surface area contributed by atoms with Crippen LogP contribution in [0.4, 0.5) is 0 Å². The molecule has 2 fully saturated rings. The number of nitrogens with zero attached hydrogens (tertiary/aromatic N) is 2. The maximum absolute atomic E-state index is 12.5. The van der Waals surface area contributed by atoms with Crippen molar-refractivity contribution in [2.24, 2.45) is 5.92 Å². The third kappa shape index (κ3) is 2.64. The molecule has 0 aliphatic carbocycles. The standard InChI is InChI=1S/C15H17N3O3S2/c1-23(20,21)14-8-22-13-5-16-11(4-10(13)14)15(19)17-12-7-18-3-2-9(12)6-18/h4-5,8-9,12H,2-3,6-7H2,1H3,(H,17,19)/t9-,12?/m0/s1. The van der Waals surface area contributed by atoms with Crippen LogP contribution in [0.15, 0.2) is 22.5 Å². The van der Waals surface area contributed by atoms with Crippen molar-refractivity contribution < 1.29 is 13.2 Å². The summed E-state index contributed by atoms with van der Waals surface area (Å²) >= 11 is 1.32. The van der Waals surface area contributed by atoms with Crippen LogP contribution in [0, 0.1) is 5.92 Å². The van der Waals surface area contributed by atoms with Gasteiger partial charge in [0, 0.05) is 42.4 Å². The second-order valence-electron chi connectivity index (χ2n) is 6.33. The first kappa shape index (κ1) is 15.0. The number of rotatable bonds is 3. The zero-order chi connectivity index (χ0) is 16.2. The Kier molecular flexibility index (Phi) is 3.44. The lowest BCUT2D eigenvalue weighted by atomic mass is 10.00. The van der Waals surface area contributed by atoms with E-state index in [-0.39, 0.29) is 22.5 Å². The molecule has 3 atom stereocenters. The smallest absolute Gasteiger partial charge is 0.270 e. The van der Waals surface area contributed by atoms with Crippen LogP contribution in [0.1, 0.15) is 16.9 Å². The molecule has 1 amide bonds. The van der Waals surface area contributed by atoms with Gasteiger partial charge in [-0.05, 0) is 24.9 Å². The molecule has 4 rings (SSSR count). The minimum absolute atomic E-state index is 0.172. The third-order valence-corrected chi connectivity index (χ3v) is 6.93. The predicted octanol–water partition coefficient (Wildman–Crippen LogP) is 1.13. The largest absolute Gasteiger partial charge is 0.346 e. The van der Waals surface area contributed by atoms with Gasteiger partial charge in [-0.2, -0.15) is 0 Å². The van der Waals surface area contributed by atoms with Crippen LogP contribution in [0.3, 0.4) is 0 Å². The summed E-state index contributed by atoms with van der Waals surface area (Å²) in [4.78, 5) is 19.3. The summed E-state index contributed by atoms with van der Waals surface area (Å²) < 4.78 is 24.4. The Bertz CT molecular complexity index is 891. The van der Waals surface area contributed by atoms with E-state index in [4.69, 9.17) is 0 Å². The summed E-state index contributed by atoms with van der Waals surface area (Å²) in [6, 6.07) is 1.76. The highest BCUT2D eigenvalue weighted by Crippen LogP contribution is 2.30. The second-order valence-corrected chi connectivity index (χ2v) is 9.22. The van der Waals surface area contributed by atoms with E-state index in [9.17, 15) is 13.2 Å². The molecule has 122 valence electrons. The molecule has 2 aliphatic rings. The van der Waals surface area contributed by atoms with Crippen LogP contribution in [0.25, 0.3) is 10.1 Å². The fourth-order valence-electron chi connectivity index (χ4n) is 3.51. The Morgan fingerprint density at radius 3 is 2.91 bits per heavy atom. The molecule has 6 nitrogen and oxygen atoms in total. The molecular formula is C15H17N3O3S2. The topological polar surface area (TPSA) is 79.4 Å². The fraction of sp³-hybridized carbons (Fsp3) is 0.467. The van der Waals surface area contributed by atoms with E-state index in [2.05, 4.69) is 15.2 Å². The SMILES string of the molecule is CS(=O)(=O)c1csc2cnc(C(=O)NC3CN4CC[C@H]3C4)cc12. The lowest BCUT2D eigenvalue weighted by Crippen LogP contribution is -2.43. The Balaban J connectivity index is 1.62. The quantitative estimate of drug-likeness (QED) is 0.897. The molecule has 4 heterocycles. The van der Waals surface area contributed by atoms with Crippen molar-refractivity contribution in [3.05, 3.63) is 23.3 Å². The first-order chi connectivity index (χ1) is 10.9. The van der Waals surface area contributed by atoms with Crippen LogP contribution in [-0.4, -0.2) is 56.1 Å². The Morgan fingerprint density at radius 2 is 2.26 bits per heavy atom. The van der Waals surface area contributed by atoms with Crippen LogP contribution in [0.5, 0.6) is 0 Å². The number of pyridine rings is 1. The number of thiophene rings is 1. The summed E-state index contributed by atoms with van der Waals surface area (Å²) in [6.07, 6.45) is 3.88. The van der Waals surface area contributed by atoms with Gasteiger partial charge in [0.2, 0.25) is 0 Å². The van der Waals surface area contributed by atoms with Gasteiger partial charge in [0.1, 0.15) is 5.69 Å². The normalized spacial score (nSPS) is 26.7. The van der Waals surface area contributed by atoms with Crippen molar-refractivity contribution in [1.82, 2.24) is 15.2 Å². The maximum atomic E-state index is 12.5. The van der Waals surface area contributed by atoms with Crippen molar-refractivity contribution >= 4 is 37.2 Å². The molecule has 0 saturated carbocycles. The van der Waals surface area contributed by atoms with Gasteiger partial charge in [-0.25, -0.2) is 13.4 Å². The molecule has 8 heteroatoms. The number of carbonyl (C=O) groups excluding carboxylic acids is 1. The lowest BCUT2D eigenvalue weighted by molar-refractivity contribution is 0.0919. The molecule has 0 radical (unpaired) electrons. The van der Waals surface area contributed by atoms with Crippen molar-refractivity contribution in [3.8, 4) is 0 Å². The van der Waals surface area contributed by atoms with Gasteiger partial charge in [0.05, 0.1) is 9.60 Å². The molecule has 2 aliphatic heterocycles. The number of hydrogen-bond donors (Lipinski definition) is 1. The monoisotopic (exact) mass is 351 g/mol. The van der Waals surface area contributed by atoms with Crippen molar-refractivity contribution in [2.75, 3.05) is 25.9 Å². The molecule has 2 unspecified atom stereocenters. The minimum Gasteiger partial charge on any atom is -0.346 e. The number of hydrogen-bond acceptors (Lipinski definition) is 6. The number of piperidine rings is 1. The van der Waals surface area contributed by atoms with E-state index < -0.39 is 9.84 Å². The molecule has 2 bridgehead atoms. The Labute approximate surface area is 138 Å². The van der Waals surface area contributed by atoms with Crippen LogP contribution >= 0.6 is 11.3 Å². The summed E-state index contributed by atoms with van der Waals surface area (Å²) in [7, 11) is -3.31. The van der Waals surface area contributed by atoms with E-state index in [1.54, 1.807) is 17.6 Å². The highest BCUT2D eigenvalue weighted by atomic mass is 32.2. The number of carbonyl (C=O) groups is 1. The van der Waals surface area contributed by atoms with Gasteiger partial charge in [0.25, 0.3) is 5.91 Å². The van der Waals surface area contributed by atoms with E-state index in [0.717, 1.165) is 30.8 Å². The summed E-state index contributed by atoms with van der Waals surface area (Å²) in [6.45, 7) is 3.07. The number of fused-ring (bicyclic) bond motifs is 3. The highest BCUT2D eigenvalue weighted by Gasteiger charge is 2.38. The number of aromatic nitrogens is 1. The average Bonchev–Trinajstić information content (AvgIpc) is 3.20. The fourth-order valence-corrected chi connectivity index (χ4v) is 5.76. The van der Waals surface area contributed by atoms with Crippen molar-refractivity contribution in [1.29, 1.82) is 0 Å². The van der Waals surface area contributed by atoms with Crippen LogP contribution < -0.4 is 5.32 Å². The molecule has 2 aromatic rings. The summed E-state index contributed by atoms with van der Waals surface area (Å²) in [5, 5.41) is 5.23. The minimum atomic E-state index is -3.31. The van der Waals surface area contributed by atoms with Crippen molar-refractivity contribution in [3.63, 3.8) is 0 Å². The van der Waals surface area contributed by atoms with Gasteiger partial charge in [-0.1, -0.05) is 0 Å². The lowest BCUT2D eigenvalue weighted by Gasteiger charge is -2.22. The highest BCUT2D eigenvalue weighted by molar-refractivity contribution is 7.91. The average molecular weight is 351 g/mol. The predicted molar refractivity (Wildman–Crippen MR) is 88.5 cm³/mol. The molecule has 2 aromatic heterocycles. The van der Waals surface area contributed by atoms with E-state index >= 15 is 0 Å². The Hall–Kier alpha value is -1.51. The number of amides is 1. The van der Waals surface area contributed by atoms with E-state index in [1.807, 2.05) is 0 Å². The zero-order valence-corrected chi connectivity index (χ0v) is 14.3. The molecule has 23 heavy (non-hydrogen) atoms. The molecule has 1 N–H and O–H groups in total. The second kappa shape index (κ2) is 5.25. The molecule has 2 saturated heterocycles. The van der Waals surface area contributed by atoms with Gasteiger partial charge in [-0.3, -0.25) is 4.79 Å². The van der Waals surface area contributed by atoms with E-state index in [1.165, 1.54) is 17.6 Å².